The first-order chi connectivity index (χ1) is 15.5. The molecule has 0 saturated heterocycles. The lowest BCUT2D eigenvalue weighted by Gasteiger charge is -2.23. The number of hydrogen-bond acceptors (Lipinski definition) is 5. The van der Waals surface area contributed by atoms with Gasteiger partial charge >= 0.3 is 0 Å². The molecule has 2 aromatic carbocycles. The molecule has 166 valence electrons. The molecule has 0 aliphatic heterocycles. The van der Waals surface area contributed by atoms with Crippen molar-refractivity contribution < 1.29 is 4.74 Å². The Morgan fingerprint density at radius 2 is 1.91 bits per heavy atom. The summed E-state index contributed by atoms with van der Waals surface area (Å²) >= 11 is 6.48. The van der Waals surface area contributed by atoms with Crippen LogP contribution in [0, 0.1) is 0 Å². The van der Waals surface area contributed by atoms with Crippen LogP contribution in [0.5, 0.6) is 5.75 Å². The maximum absolute atomic E-state index is 6.48. The number of halogens is 1. The van der Waals surface area contributed by atoms with E-state index in [4.69, 9.17) is 21.3 Å². The molecule has 0 bridgehead atoms. The first-order valence-electron chi connectivity index (χ1n) is 10.9. The molecule has 2 N–H and O–H groups in total. The van der Waals surface area contributed by atoms with E-state index in [2.05, 4.69) is 52.2 Å². The lowest BCUT2D eigenvalue weighted by atomic mass is 10.1. The molecule has 7 heteroatoms. The Balaban J connectivity index is 1.71. The molecule has 0 spiro atoms. The molecule has 2 heterocycles. The van der Waals surface area contributed by atoms with Gasteiger partial charge in [-0.1, -0.05) is 29.8 Å². The molecule has 0 radical (unpaired) electrons. The molecule has 32 heavy (non-hydrogen) atoms. The number of fused-ring (bicyclic) bond motifs is 1. The van der Waals surface area contributed by atoms with E-state index in [9.17, 15) is 0 Å². The van der Waals surface area contributed by atoms with Crippen molar-refractivity contribution in [3.63, 3.8) is 0 Å². The van der Waals surface area contributed by atoms with Crippen molar-refractivity contribution in [3.05, 3.63) is 59.9 Å². The van der Waals surface area contributed by atoms with Crippen molar-refractivity contribution in [3.8, 4) is 17.0 Å². The minimum atomic E-state index is 0.0788. The second-order valence-corrected chi connectivity index (χ2v) is 8.22. The number of hydrogen-bond donors (Lipinski definition) is 2. The number of rotatable bonds is 8. The van der Waals surface area contributed by atoms with Crippen molar-refractivity contribution in [1.82, 2.24) is 15.0 Å². The van der Waals surface area contributed by atoms with Gasteiger partial charge in [0.15, 0.2) is 0 Å². The van der Waals surface area contributed by atoms with E-state index in [1.165, 1.54) is 0 Å². The number of nitrogens with zero attached hydrogens (tertiary/aromatic N) is 3. The number of para-hydroxylation sites is 1. The standard InChI is InChI=1S/C25H28ClN5O/c1-5-31(6-2)18-11-17(12-19(13-18)32-16(3)4)29-25-28-15-22(26)24(30-25)21-14-27-23-10-8-7-9-20(21)23/h7-16,27H,5-6H2,1-4H3,(H,28,29,30). The number of aromatic amines is 1. The molecule has 4 aromatic rings. The smallest absolute Gasteiger partial charge is 0.227 e. The third-order valence-corrected chi connectivity index (χ3v) is 5.51. The first kappa shape index (κ1) is 22.0. The minimum Gasteiger partial charge on any atom is -0.491 e. The van der Waals surface area contributed by atoms with Crippen LogP contribution in [-0.4, -0.2) is 34.1 Å². The second-order valence-electron chi connectivity index (χ2n) is 7.82. The van der Waals surface area contributed by atoms with Crippen LogP contribution in [0.1, 0.15) is 27.7 Å². The van der Waals surface area contributed by atoms with Crippen LogP contribution in [0.3, 0.4) is 0 Å². The normalized spacial score (nSPS) is 11.2. The zero-order valence-corrected chi connectivity index (χ0v) is 19.6. The highest BCUT2D eigenvalue weighted by Crippen LogP contribution is 2.34. The summed E-state index contributed by atoms with van der Waals surface area (Å²) in [5.74, 6) is 1.28. The molecule has 0 aliphatic carbocycles. The van der Waals surface area contributed by atoms with E-state index in [1.54, 1.807) is 6.20 Å². The minimum absolute atomic E-state index is 0.0788. The zero-order chi connectivity index (χ0) is 22.7. The number of anilines is 3. The van der Waals surface area contributed by atoms with E-state index in [0.29, 0.717) is 16.7 Å². The largest absolute Gasteiger partial charge is 0.491 e. The average molecular weight is 450 g/mol. The van der Waals surface area contributed by atoms with E-state index < -0.39 is 0 Å². The van der Waals surface area contributed by atoms with Gasteiger partial charge in [-0.2, -0.15) is 0 Å². The predicted molar refractivity (Wildman–Crippen MR) is 133 cm³/mol. The van der Waals surface area contributed by atoms with Crippen LogP contribution in [0.15, 0.2) is 54.9 Å². The maximum Gasteiger partial charge on any atom is 0.227 e. The molecular weight excluding hydrogens is 422 g/mol. The fourth-order valence-electron chi connectivity index (χ4n) is 3.78. The summed E-state index contributed by atoms with van der Waals surface area (Å²) in [7, 11) is 0. The van der Waals surface area contributed by atoms with Crippen LogP contribution >= 0.6 is 11.6 Å². The number of aromatic nitrogens is 3. The van der Waals surface area contributed by atoms with Crippen molar-refractivity contribution in [2.75, 3.05) is 23.3 Å². The number of benzene rings is 2. The number of nitrogens with one attached hydrogen (secondary N) is 2. The highest BCUT2D eigenvalue weighted by atomic mass is 35.5. The van der Waals surface area contributed by atoms with Gasteiger partial charge in [0.05, 0.1) is 23.0 Å². The van der Waals surface area contributed by atoms with Crippen molar-refractivity contribution >= 4 is 39.8 Å². The molecule has 2 aromatic heterocycles. The SMILES string of the molecule is CCN(CC)c1cc(Nc2ncc(Cl)c(-c3c[nH]c4ccccc34)n2)cc(OC(C)C)c1. The Hall–Kier alpha value is -3.25. The molecule has 0 amide bonds. The molecule has 0 saturated carbocycles. The Labute approximate surface area is 193 Å². The Morgan fingerprint density at radius 3 is 2.66 bits per heavy atom. The van der Waals surface area contributed by atoms with Gasteiger partial charge in [0.25, 0.3) is 0 Å². The number of H-pyrrole nitrogens is 1. The van der Waals surface area contributed by atoms with Gasteiger partial charge in [-0.25, -0.2) is 9.97 Å². The Kier molecular flexibility index (Phi) is 6.51. The van der Waals surface area contributed by atoms with Crippen LogP contribution in [-0.2, 0) is 0 Å². The summed E-state index contributed by atoms with van der Waals surface area (Å²) in [6.45, 7) is 10.1. The van der Waals surface area contributed by atoms with Gasteiger partial charge in [0.2, 0.25) is 5.95 Å². The van der Waals surface area contributed by atoms with Gasteiger partial charge in [0.1, 0.15) is 5.75 Å². The monoisotopic (exact) mass is 449 g/mol. The molecule has 6 nitrogen and oxygen atoms in total. The summed E-state index contributed by atoms with van der Waals surface area (Å²) in [4.78, 5) is 14.7. The maximum atomic E-state index is 6.48. The summed E-state index contributed by atoms with van der Waals surface area (Å²) in [5, 5.41) is 4.91. The Bertz CT molecular complexity index is 1220. The highest BCUT2D eigenvalue weighted by molar-refractivity contribution is 6.33. The molecule has 0 fully saturated rings. The van der Waals surface area contributed by atoms with Crippen LogP contribution < -0.4 is 15.0 Å². The van der Waals surface area contributed by atoms with E-state index in [1.807, 2.05) is 44.3 Å². The lowest BCUT2D eigenvalue weighted by molar-refractivity contribution is 0.242. The molecular formula is C25H28ClN5O. The predicted octanol–water partition coefficient (Wildman–Crippen LogP) is 6.66. The quantitative estimate of drug-likeness (QED) is 0.315. The van der Waals surface area contributed by atoms with Crippen molar-refractivity contribution in [2.45, 2.75) is 33.8 Å². The average Bonchev–Trinajstić information content (AvgIpc) is 3.19. The van der Waals surface area contributed by atoms with E-state index in [-0.39, 0.29) is 6.10 Å². The zero-order valence-electron chi connectivity index (χ0n) is 18.8. The third-order valence-electron chi connectivity index (χ3n) is 5.24. The lowest BCUT2D eigenvalue weighted by Crippen LogP contribution is -2.22. The summed E-state index contributed by atoms with van der Waals surface area (Å²) in [6, 6.07) is 14.2. The van der Waals surface area contributed by atoms with Gasteiger partial charge in [-0.15, -0.1) is 0 Å². The van der Waals surface area contributed by atoms with Gasteiger partial charge in [-0.05, 0) is 39.8 Å². The van der Waals surface area contributed by atoms with E-state index >= 15 is 0 Å². The summed E-state index contributed by atoms with van der Waals surface area (Å²) in [6.07, 6.45) is 3.64. The Morgan fingerprint density at radius 1 is 1.12 bits per heavy atom. The molecule has 0 unspecified atom stereocenters. The van der Waals surface area contributed by atoms with E-state index in [0.717, 1.165) is 46.7 Å². The highest BCUT2D eigenvalue weighted by Gasteiger charge is 2.14. The van der Waals surface area contributed by atoms with Gasteiger partial charge in [-0.3, -0.25) is 0 Å². The topological polar surface area (TPSA) is 66.1 Å². The van der Waals surface area contributed by atoms with Gasteiger partial charge in [0, 0.05) is 59.3 Å². The van der Waals surface area contributed by atoms with Crippen molar-refractivity contribution in [1.29, 1.82) is 0 Å². The van der Waals surface area contributed by atoms with Gasteiger partial charge < -0.3 is 19.9 Å². The first-order valence-corrected chi connectivity index (χ1v) is 11.3. The molecule has 0 aliphatic rings. The van der Waals surface area contributed by atoms with Crippen molar-refractivity contribution in [2.24, 2.45) is 0 Å². The third kappa shape index (κ3) is 4.65. The second kappa shape index (κ2) is 9.49. The summed E-state index contributed by atoms with van der Waals surface area (Å²) in [5.41, 5.74) is 4.60. The number of ether oxygens (including phenoxy) is 1. The molecule has 4 rings (SSSR count). The van der Waals surface area contributed by atoms with Crippen LogP contribution in [0.25, 0.3) is 22.2 Å². The fourth-order valence-corrected chi connectivity index (χ4v) is 3.97. The van der Waals surface area contributed by atoms with Crippen LogP contribution in [0.4, 0.5) is 17.3 Å². The fraction of sp³-hybridized carbons (Fsp3) is 0.280. The van der Waals surface area contributed by atoms with Crippen LogP contribution in [0.2, 0.25) is 5.02 Å². The summed E-state index contributed by atoms with van der Waals surface area (Å²) < 4.78 is 5.99. The molecule has 0 atom stereocenters.